The van der Waals surface area contributed by atoms with E-state index < -0.39 is 0 Å². The van der Waals surface area contributed by atoms with Gasteiger partial charge in [0.15, 0.2) is 6.29 Å². The zero-order chi connectivity index (χ0) is 10.8. The average Bonchev–Trinajstić information content (AvgIpc) is 2.29. The molecule has 0 bridgehead atoms. The summed E-state index contributed by atoms with van der Waals surface area (Å²) in [5.41, 5.74) is 0.649. The third kappa shape index (κ3) is 1.75. The van der Waals surface area contributed by atoms with Gasteiger partial charge in [-0.3, -0.25) is 4.79 Å². The molecule has 76 valence electrons. The highest BCUT2D eigenvalue weighted by molar-refractivity contribution is 9.10. The Morgan fingerprint density at radius 1 is 1.27 bits per heavy atom. The van der Waals surface area contributed by atoms with Crippen LogP contribution >= 0.6 is 15.9 Å². The van der Waals surface area contributed by atoms with Crippen molar-refractivity contribution < 1.29 is 9.53 Å². The van der Waals surface area contributed by atoms with Crippen LogP contribution in [0.2, 0.25) is 0 Å². The zero-order valence-electron chi connectivity index (χ0n) is 8.16. The van der Waals surface area contributed by atoms with Crippen LogP contribution in [0.1, 0.15) is 10.4 Å². The first-order valence-electron chi connectivity index (χ1n) is 4.47. The van der Waals surface area contributed by atoms with Gasteiger partial charge < -0.3 is 4.74 Å². The lowest BCUT2D eigenvalue weighted by Gasteiger charge is -2.05. The van der Waals surface area contributed by atoms with E-state index in [1.54, 1.807) is 13.2 Å². The Morgan fingerprint density at radius 3 is 2.67 bits per heavy atom. The minimum atomic E-state index is 0.649. The normalized spacial score (nSPS) is 10.3. The molecule has 2 nitrogen and oxygen atoms in total. The van der Waals surface area contributed by atoms with Crippen LogP contribution in [0.25, 0.3) is 10.8 Å². The Kier molecular flexibility index (Phi) is 2.73. The van der Waals surface area contributed by atoms with E-state index in [1.807, 2.05) is 24.3 Å². The highest BCUT2D eigenvalue weighted by Crippen LogP contribution is 2.29. The van der Waals surface area contributed by atoms with Crippen molar-refractivity contribution in [3.05, 3.63) is 40.4 Å². The molecule has 2 aromatic carbocycles. The summed E-state index contributed by atoms with van der Waals surface area (Å²) in [5, 5.41) is 2.06. The molecule has 0 spiro atoms. The molecular formula is C12H9BrO2. The quantitative estimate of drug-likeness (QED) is 0.777. The Labute approximate surface area is 96.0 Å². The minimum absolute atomic E-state index is 0.649. The molecule has 0 aliphatic carbocycles. The maximum absolute atomic E-state index is 10.8. The summed E-state index contributed by atoms with van der Waals surface area (Å²) in [5.74, 6) is 0.784. The van der Waals surface area contributed by atoms with Gasteiger partial charge in [0.25, 0.3) is 0 Å². The van der Waals surface area contributed by atoms with Crippen molar-refractivity contribution in [2.24, 2.45) is 0 Å². The summed E-state index contributed by atoms with van der Waals surface area (Å²) >= 11 is 3.42. The summed E-state index contributed by atoms with van der Waals surface area (Å²) in [7, 11) is 1.62. The molecule has 2 aromatic rings. The maximum Gasteiger partial charge on any atom is 0.151 e. The fraction of sp³-hybridized carbons (Fsp3) is 0.0833. The first kappa shape index (κ1) is 10.2. The van der Waals surface area contributed by atoms with E-state index >= 15 is 0 Å². The summed E-state index contributed by atoms with van der Waals surface area (Å²) in [6.45, 7) is 0. The van der Waals surface area contributed by atoms with Crippen LogP contribution < -0.4 is 4.74 Å². The Morgan fingerprint density at radius 2 is 2.00 bits per heavy atom. The van der Waals surface area contributed by atoms with Gasteiger partial charge in [0.1, 0.15) is 5.75 Å². The maximum atomic E-state index is 10.8. The minimum Gasteiger partial charge on any atom is -0.497 e. The number of halogens is 1. The topological polar surface area (TPSA) is 26.3 Å². The largest absolute Gasteiger partial charge is 0.497 e. The van der Waals surface area contributed by atoms with Crippen molar-refractivity contribution in [2.75, 3.05) is 7.11 Å². The molecule has 0 N–H and O–H groups in total. The fourth-order valence-electron chi connectivity index (χ4n) is 1.50. The van der Waals surface area contributed by atoms with E-state index in [0.29, 0.717) is 5.56 Å². The van der Waals surface area contributed by atoms with Gasteiger partial charge in [-0.05, 0) is 39.5 Å². The number of aldehydes is 1. The molecule has 0 aliphatic heterocycles. The standard InChI is InChI=1S/C12H9BrO2/c1-15-10-5-4-8-2-3-9(7-14)12(13)11(8)6-10/h2-7H,1H3. The number of ether oxygens (including phenoxy) is 1. The van der Waals surface area contributed by atoms with E-state index in [1.165, 1.54) is 0 Å². The lowest BCUT2D eigenvalue weighted by Crippen LogP contribution is -1.86. The second-order valence-corrected chi connectivity index (χ2v) is 3.97. The number of hydrogen-bond acceptors (Lipinski definition) is 2. The van der Waals surface area contributed by atoms with E-state index in [4.69, 9.17) is 4.74 Å². The number of fused-ring (bicyclic) bond motifs is 1. The van der Waals surface area contributed by atoms with Crippen LogP contribution in [-0.4, -0.2) is 13.4 Å². The molecule has 0 saturated carbocycles. The monoisotopic (exact) mass is 264 g/mol. The van der Waals surface area contributed by atoms with Gasteiger partial charge in [-0.2, -0.15) is 0 Å². The van der Waals surface area contributed by atoms with Gasteiger partial charge in [-0.1, -0.05) is 12.1 Å². The van der Waals surface area contributed by atoms with Crippen LogP contribution in [0, 0.1) is 0 Å². The van der Waals surface area contributed by atoms with E-state index in [0.717, 1.165) is 27.3 Å². The van der Waals surface area contributed by atoms with Crippen molar-refractivity contribution in [3.8, 4) is 5.75 Å². The molecule has 0 saturated heterocycles. The third-order valence-corrected chi connectivity index (χ3v) is 3.20. The summed E-state index contributed by atoms with van der Waals surface area (Å²) in [4.78, 5) is 10.8. The Bertz CT molecular complexity index is 520. The summed E-state index contributed by atoms with van der Waals surface area (Å²) in [6, 6.07) is 9.49. The number of benzene rings is 2. The zero-order valence-corrected chi connectivity index (χ0v) is 9.74. The second kappa shape index (κ2) is 4.03. The SMILES string of the molecule is COc1ccc2ccc(C=O)c(Br)c2c1. The van der Waals surface area contributed by atoms with Gasteiger partial charge in [0, 0.05) is 15.4 Å². The van der Waals surface area contributed by atoms with Crippen molar-refractivity contribution in [2.45, 2.75) is 0 Å². The fourth-order valence-corrected chi connectivity index (χ4v) is 2.07. The average molecular weight is 265 g/mol. The second-order valence-electron chi connectivity index (χ2n) is 3.17. The number of hydrogen-bond donors (Lipinski definition) is 0. The number of rotatable bonds is 2. The van der Waals surface area contributed by atoms with Crippen LogP contribution in [0.3, 0.4) is 0 Å². The molecule has 3 heteroatoms. The van der Waals surface area contributed by atoms with Crippen LogP contribution in [0.5, 0.6) is 5.75 Å². The first-order valence-corrected chi connectivity index (χ1v) is 5.27. The molecule has 0 fully saturated rings. The predicted molar refractivity (Wildman–Crippen MR) is 63.6 cm³/mol. The lowest BCUT2D eigenvalue weighted by atomic mass is 10.1. The highest BCUT2D eigenvalue weighted by atomic mass is 79.9. The van der Waals surface area contributed by atoms with Gasteiger partial charge in [-0.25, -0.2) is 0 Å². The molecular weight excluding hydrogens is 256 g/mol. The molecule has 0 atom stereocenters. The molecule has 15 heavy (non-hydrogen) atoms. The smallest absolute Gasteiger partial charge is 0.151 e. The predicted octanol–water partition coefficient (Wildman–Crippen LogP) is 3.42. The summed E-state index contributed by atoms with van der Waals surface area (Å²) in [6.07, 6.45) is 0.836. The molecule has 0 aliphatic rings. The number of carbonyl (C=O) groups excluding carboxylic acids is 1. The molecule has 2 rings (SSSR count). The molecule has 0 heterocycles. The number of methoxy groups -OCH3 is 1. The third-order valence-electron chi connectivity index (χ3n) is 2.32. The molecule has 0 aromatic heterocycles. The van der Waals surface area contributed by atoms with Crippen molar-refractivity contribution >= 4 is 33.0 Å². The summed E-state index contributed by atoms with van der Waals surface area (Å²) < 4.78 is 5.96. The van der Waals surface area contributed by atoms with E-state index in [2.05, 4.69) is 15.9 Å². The van der Waals surface area contributed by atoms with Gasteiger partial charge in [0.05, 0.1) is 7.11 Å². The van der Waals surface area contributed by atoms with E-state index in [9.17, 15) is 4.79 Å². The van der Waals surface area contributed by atoms with Crippen molar-refractivity contribution in [1.29, 1.82) is 0 Å². The highest BCUT2D eigenvalue weighted by Gasteiger charge is 2.05. The van der Waals surface area contributed by atoms with Crippen molar-refractivity contribution in [1.82, 2.24) is 0 Å². The van der Waals surface area contributed by atoms with Gasteiger partial charge >= 0.3 is 0 Å². The molecule has 0 amide bonds. The Balaban J connectivity index is 2.77. The van der Waals surface area contributed by atoms with Gasteiger partial charge in [0.2, 0.25) is 0 Å². The number of carbonyl (C=O) groups is 1. The lowest BCUT2D eigenvalue weighted by molar-refractivity contribution is 0.112. The van der Waals surface area contributed by atoms with Crippen molar-refractivity contribution in [3.63, 3.8) is 0 Å². The van der Waals surface area contributed by atoms with Crippen LogP contribution in [0.4, 0.5) is 0 Å². The Hall–Kier alpha value is -1.35. The van der Waals surface area contributed by atoms with Crippen LogP contribution in [-0.2, 0) is 0 Å². The van der Waals surface area contributed by atoms with E-state index in [-0.39, 0.29) is 0 Å². The van der Waals surface area contributed by atoms with Crippen LogP contribution in [0.15, 0.2) is 34.8 Å². The van der Waals surface area contributed by atoms with Gasteiger partial charge in [-0.15, -0.1) is 0 Å². The molecule has 0 radical (unpaired) electrons. The first-order chi connectivity index (χ1) is 7.26. The molecule has 0 unspecified atom stereocenters.